The molecule has 3 atom stereocenters. The number of nitrogens with one attached hydrogen (secondary N) is 1. The quantitative estimate of drug-likeness (QED) is 0.796. The van der Waals surface area contributed by atoms with Crippen molar-refractivity contribution in [3.63, 3.8) is 0 Å². The number of aromatic nitrogens is 1. The summed E-state index contributed by atoms with van der Waals surface area (Å²) in [5.74, 6) is 0.613. The van der Waals surface area contributed by atoms with Gasteiger partial charge in [0.2, 0.25) is 5.91 Å². The molecule has 0 aromatic carbocycles. The van der Waals surface area contributed by atoms with Gasteiger partial charge in [-0.15, -0.1) is 0 Å². The second-order valence-corrected chi connectivity index (χ2v) is 10.1. The van der Waals surface area contributed by atoms with E-state index in [9.17, 15) is 9.59 Å². The maximum Gasteiger partial charge on any atom is 0.255 e. The molecule has 4 aliphatic rings. The molecule has 0 spiro atoms. The number of nitrogens with zero attached hydrogens (tertiary/aromatic N) is 3. The number of piperidine rings is 1. The third-order valence-corrected chi connectivity index (χ3v) is 8.31. The Labute approximate surface area is 185 Å². The summed E-state index contributed by atoms with van der Waals surface area (Å²) in [6, 6.07) is 2.80. The number of aryl methyl sites for hydroxylation is 1. The minimum Gasteiger partial charge on any atom is -0.379 e. The lowest BCUT2D eigenvalue weighted by Gasteiger charge is -2.53. The Morgan fingerprint density at radius 3 is 2.58 bits per heavy atom. The summed E-state index contributed by atoms with van der Waals surface area (Å²) < 4.78 is 7.54. The molecule has 4 fully saturated rings. The standard InChI is InChI=1S/C24H36N4O3/c1-17-21(7-9-26(17)2)22(29)28-10-6-18-15-20(27-11-13-31-14-12-27)5-8-24(18,16-28)23(30)25-19-3-4-19/h7,9,18-20H,3-6,8,10-16H2,1-2H3,(H,25,30)/t18-,20+,24-/m1/s1. The van der Waals surface area contributed by atoms with Crippen LogP contribution in [0.2, 0.25) is 0 Å². The van der Waals surface area contributed by atoms with Crippen molar-refractivity contribution in [1.29, 1.82) is 0 Å². The van der Waals surface area contributed by atoms with Gasteiger partial charge in [-0.3, -0.25) is 14.5 Å². The smallest absolute Gasteiger partial charge is 0.255 e. The third kappa shape index (κ3) is 3.91. The molecule has 0 unspecified atom stereocenters. The predicted molar refractivity (Wildman–Crippen MR) is 118 cm³/mol. The van der Waals surface area contributed by atoms with E-state index in [2.05, 4.69) is 10.2 Å². The second-order valence-electron chi connectivity index (χ2n) is 10.1. The molecule has 0 radical (unpaired) electrons. The van der Waals surface area contributed by atoms with Gasteiger partial charge in [-0.1, -0.05) is 0 Å². The average molecular weight is 429 g/mol. The molecule has 2 amide bonds. The Hall–Kier alpha value is -1.86. The number of fused-ring (bicyclic) bond motifs is 1. The number of hydrogen-bond acceptors (Lipinski definition) is 4. The Kier molecular flexibility index (Phi) is 5.59. The molecule has 31 heavy (non-hydrogen) atoms. The highest BCUT2D eigenvalue weighted by Crippen LogP contribution is 2.48. The van der Waals surface area contributed by atoms with Crippen molar-refractivity contribution in [3.05, 3.63) is 23.5 Å². The Bertz CT molecular complexity index is 842. The maximum atomic E-state index is 13.6. The van der Waals surface area contributed by atoms with Crippen LogP contribution in [0.4, 0.5) is 0 Å². The average Bonchev–Trinajstić information content (AvgIpc) is 3.56. The molecule has 2 aliphatic carbocycles. The number of carbonyl (C=O) groups excluding carboxylic acids is 2. The molecule has 5 rings (SSSR count). The first kappa shape index (κ1) is 21.0. The molecule has 2 saturated heterocycles. The van der Waals surface area contributed by atoms with Gasteiger partial charge in [0.25, 0.3) is 5.91 Å². The lowest BCUT2D eigenvalue weighted by molar-refractivity contribution is -0.143. The van der Waals surface area contributed by atoms with Crippen LogP contribution >= 0.6 is 0 Å². The van der Waals surface area contributed by atoms with E-state index in [0.717, 1.165) is 82.6 Å². The van der Waals surface area contributed by atoms with Crippen LogP contribution in [0.1, 0.15) is 54.6 Å². The van der Waals surface area contributed by atoms with E-state index in [1.807, 2.05) is 35.7 Å². The van der Waals surface area contributed by atoms with Crippen LogP contribution in [0.5, 0.6) is 0 Å². The Morgan fingerprint density at radius 1 is 1.13 bits per heavy atom. The molecule has 2 saturated carbocycles. The molecule has 1 aromatic heterocycles. The minimum atomic E-state index is -0.442. The summed E-state index contributed by atoms with van der Waals surface area (Å²) in [5.41, 5.74) is 1.31. The van der Waals surface area contributed by atoms with Gasteiger partial charge in [0.05, 0.1) is 24.2 Å². The van der Waals surface area contributed by atoms with Crippen LogP contribution in [-0.2, 0) is 16.6 Å². The molecule has 1 aromatic rings. The zero-order valence-electron chi connectivity index (χ0n) is 18.9. The van der Waals surface area contributed by atoms with Crippen molar-refractivity contribution in [1.82, 2.24) is 19.7 Å². The van der Waals surface area contributed by atoms with Crippen LogP contribution in [0.25, 0.3) is 0 Å². The lowest BCUT2D eigenvalue weighted by Crippen LogP contribution is -2.61. The van der Waals surface area contributed by atoms with E-state index >= 15 is 0 Å². The summed E-state index contributed by atoms with van der Waals surface area (Å²) in [6.07, 6.45) is 8.00. The molecular formula is C24H36N4O3. The first-order chi connectivity index (χ1) is 15.0. The summed E-state index contributed by atoms with van der Waals surface area (Å²) in [4.78, 5) is 31.5. The number of ether oxygens (including phenoxy) is 1. The molecule has 3 heterocycles. The summed E-state index contributed by atoms with van der Waals surface area (Å²) in [7, 11) is 1.97. The monoisotopic (exact) mass is 428 g/mol. The van der Waals surface area contributed by atoms with Crippen LogP contribution in [-0.4, -0.2) is 77.7 Å². The highest BCUT2D eigenvalue weighted by molar-refractivity contribution is 5.96. The van der Waals surface area contributed by atoms with Crippen molar-refractivity contribution in [3.8, 4) is 0 Å². The van der Waals surface area contributed by atoms with E-state index in [-0.39, 0.29) is 11.8 Å². The van der Waals surface area contributed by atoms with Crippen molar-refractivity contribution >= 4 is 11.8 Å². The largest absolute Gasteiger partial charge is 0.379 e. The molecule has 2 aliphatic heterocycles. The molecule has 7 heteroatoms. The number of morpholine rings is 1. The molecule has 7 nitrogen and oxygen atoms in total. The molecule has 170 valence electrons. The normalized spacial score (nSPS) is 31.9. The Balaban J connectivity index is 1.36. The number of amides is 2. The number of carbonyl (C=O) groups is 2. The zero-order valence-corrected chi connectivity index (χ0v) is 18.9. The van der Waals surface area contributed by atoms with Crippen LogP contribution in [0, 0.1) is 18.3 Å². The van der Waals surface area contributed by atoms with E-state index in [4.69, 9.17) is 4.74 Å². The molecule has 1 N–H and O–H groups in total. The minimum absolute atomic E-state index is 0.0745. The highest BCUT2D eigenvalue weighted by Gasteiger charge is 2.54. The number of likely N-dealkylation sites (tertiary alicyclic amines) is 1. The summed E-state index contributed by atoms with van der Waals surface area (Å²) in [6.45, 7) is 6.90. The van der Waals surface area contributed by atoms with Gasteiger partial charge in [0, 0.05) is 57.2 Å². The first-order valence-corrected chi connectivity index (χ1v) is 12.0. The van der Waals surface area contributed by atoms with Crippen molar-refractivity contribution in [2.75, 3.05) is 39.4 Å². The third-order valence-electron chi connectivity index (χ3n) is 8.31. The van der Waals surface area contributed by atoms with E-state index < -0.39 is 5.41 Å². The maximum absolute atomic E-state index is 13.6. The fourth-order valence-electron chi connectivity index (χ4n) is 6.01. The van der Waals surface area contributed by atoms with Gasteiger partial charge in [-0.2, -0.15) is 0 Å². The molecule has 0 bridgehead atoms. The van der Waals surface area contributed by atoms with E-state index in [1.165, 1.54) is 0 Å². The number of hydrogen-bond donors (Lipinski definition) is 1. The van der Waals surface area contributed by atoms with Crippen molar-refractivity contribution in [2.45, 2.75) is 57.5 Å². The Morgan fingerprint density at radius 2 is 1.90 bits per heavy atom. The molecular weight excluding hydrogens is 392 g/mol. The zero-order chi connectivity index (χ0) is 21.6. The number of rotatable bonds is 4. The van der Waals surface area contributed by atoms with Gasteiger partial charge >= 0.3 is 0 Å². The van der Waals surface area contributed by atoms with Crippen LogP contribution in [0.15, 0.2) is 12.3 Å². The first-order valence-electron chi connectivity index (χ1n) is 12.0. The fourth-order valence-corrected chi connectivity index (χ4v) is 6.01. The van der Waals surface area contributed by atoms with E-state index in [1.54, 1.807) is 0 Å². The second kappa shape index (κ2) is 8.24. The lowest BCUT2D eigenvalue weighted by atomic mass is 9.60. The van der Waals surface area contributed by atoms with E-state index in [0.29, 0.717) is 24.5 Å². The summed E-state index contributed by atoms with van der Waals surface area (Å²) >= 11 is 0. The van der Waals surface area contributed by atoms with Gasteiger partial charge < -0.3 is 19.5 Å². The van der Waals surface area contributed by atoms with Gasteiger partial charge in [0.15, 0.2) is 0 Å². The van der Waals surface area contributed by atoms with Crippen LogP contribution in [0.3, 0.4) is 0 Å². The van der Waals surface area contributed by atoms with Gasteiger partial charge in [-0.25, -0.2) is 0 Å². The summed E-state index contributed by atoms with van der Waals surface area (Å²) in [5, 5.41) is 3.31. The predicted octanol–water partition coefficient (Wildman–Crippen LogP) is 1.95. The fraction of sp³-hybridized carbons (Fsp3) is 0.750. The van der Waals surface area contributed by atoms with Gasteiger partial charge in [-0.05, 0) is 57.4 Å². The SMILES string of the molecule is Cc1c(C(=O)N2CC[C@@H]3C[C@@H](N4CCOCC4)CC[C@@]3(C(=O)NC3CC3)C2)ccn1C. The van der Waals surface area contributed by atoms with Gasteiger partial charge in [0.1, 0.15) is 0 Å². The van der Waals surface area contributed by atoms with Crippen molar-refractivity contribution < 1.29 is 14.3 Å². The topological polar surface area (TPSA) is 66.8 Å². The van der Waals surface area contributed by atoms with Crippen molar-refractivity contribution in [2.24, 2.45) is 18.4 Å². The highest BCUT2D eigenvalue weighted by atomic mass is 16.5. The van der Waals surface area contributed by atoms with Crippen LogP contribution < -0.4 is 5.32 Å².